The van der Waals surface area contributed by atoms with E-state index in [2.05, 4.69) is 4.74 Å². The number of alkyl halides is 2. The predicted molar refractivity (Wildman–Crippen MR) is 53.7 cm³/mol. The van der Waals surface area contributed by atoms with Gasteiger partial charge in [0.1, 0.15) is 12.4 Å². The van der Waals surface area contributed by atoms with Crippen LogP contribution in [0.1, 0.15) is 10.4 Å². The summed E-state index contributed by atoms with van der Waals surface area (Å²) >= 11 is 0. The number of ether oxygens (including phenoxy) is 2. The fourth-order valence-corrected chi connectivity index (χ4v) is 1.06. The van der Waals surface area contributed by atoms with Crippen LogP contribution in [0.25, 0.3) is 0 Å². The lowest BCUT2D eigenvalue weighted by Crippen LogP contribution is -2.09. The zero-order valence-electron chi connectivity index (χ0n) is 8.57. The van der Waals surface area contributed by atoms with E-state index in [-0.39, 0.29) is 17.0 Å². The number of esters is 1. The molecular formula is C10H11F2NO3. The van der Waals surface area contributed by atoms with Gasteiger partial charge in [-0.05, 0) is 18.2 Å². The first-order valence-electron chi connectivity index (χ1n) is 4.43. The second kappa shape index (κ2) is 5.29. The van der Waals surface area contributed by atoms with E-state index in [1.165, 1.54) is 25.3 Å². The summed E-state index contributed by atoms with van der Waals surface area (Å²) in [5.74, 6) is -0.537. The molecule has 1 aromatic carbocycles. The molecule has 1 rings (SSSR count). The van der Waals surface area contributed by atoms with E-state index in [4.69, 9.17) is 10.5 Å². The van der Waals surface area contributed by atoms with Crippen LogP contribution in [-0.4, -0.2) is 26.1 Å². The van der Waals surface area contributed by atoms with Crippen LogP contribution >= 0.6 is 0 Å². The average Bonchev–Trinajstić information content (AvgIpc) is 2.26. The highest BCUT2D eigenvalue weighted by Crippen LogP contribution is 2.23. The van der Waals surface area contributed by atoms with Crippen LogP contribution in [0.5, 0.6) is 5.75 Å². The molecule has 0 saturated heterocycles. The molecule has 0 aliphatic rings. The van der Waals surface area contributed by atoms with Crippen LogP contribution in [0.2, 0.25) is 0 Å². The summed E-state index contributed by atoms with van der Waals surface area (Å²) in [6, 6.07) is 4.09. The van der Waals surface area contributed by atoms with Gasteiger partial charge in [-0.15, -0.1) is 0 Å². The lowest BCUT2D eigenvalue weighted by molar-refractivity contribution is 0.0599. The van der Waals surface area contributed by atoms with E-state index < -0.39 is 19.0 Å². The average molecular weight is 231 g/mol. The van der Waals surface area contributed by atoms with Crippen molar-refractivity contribution in [3.63, 3.8) is 0 Å². The zero-order chi connectivity index (χ0) is 12.1. The number of nitrogens with two attached hydrogens (primary N) is 1. The highest BCUT2D eigenvalue weighted by molar-refractivity contribution is 5.90. The van der Waals surface area contributed by atoms with Crippen LogP contribution in [-0.2, 0) is 4.74 Å². The lowest BCUT2D eigenvalue weighted by atomic mass is 10.2. The molecule has 1 aromatic rings. The Kier molecular flexibility index (Phi) is 4.04. The van der Waals surface area contributed by atoms with Gasteiger partial charge in [-0.1, -0.05) is 0 Å². The van der Waals surface area contributed by atoms with Gasteiger partial charge in [0.15, 0.2) is 0 Å². The Morgan fingerprint density at radius 3 is 2.75 bits per heavy atom. The van der Waals surface area contributed by atoms with E-state index in [0.717, 1.165) is 0 Å². The Morgan fingerprint density at radius 2 is 2.19 bits per heavy atom. The fraction of sp³-hybridized carbons (Fsp3) is 0.300. The molecule has 0 saturated carbocycles. The number of carbonyl (C=O) groups excluding carboxylic acids is 1. The number of nitrogen functional groups attached to an aromatic ring is 1. The molecule has 0 aliphatic heterocycles. The van der Waals surface area contributed by atoms with E-state index >= 15 is 0 Å². The van der Waals surface area contributed by atoms with E-state index in [1.54, 1.807) is 0 Å². The van der Waals surface area contributed by atoms with Crippen molar-refractivity contribution in [2.24, 2.45) is 0 Å². The van der Waals surface area contributed by atoms with E-state index in [1.807, 2.05) is 0 Å². The van der Waals surface area contributed by atoms with Crippen molar-refractivity contribution in [2.75, 3.05) is 19.5 Å². The number of benzene rings is 1. The first kappa shape index (κ1) is 12.2. The quantitative estimate of drug-likeness (QED) is 0.632. The summed E-state index contributed by atoms with van der Waals surface area (Å²) in [6.45, 7) is -0.769. The monoisotopic (exact) mass is 231 g/mol. The van der Waals surface area contributed by atoms with Crippen LogP contribution in [0.3, 0.4) is 0 Å². The van der Waals surface area contributed by atoms with Gasteiger partial charge in [0, 0.05) is 0 Å². The smallest absolute Gasteiger partial charge is 0.337 e. The first-order chi connectivity index (χ1) is 7.54. The Bertz CT molecular complexity index is 382. The molecule has 0 atom stereocenters. The third-order valence-electron chi connectivity index (χ3n) is 1.80. The normalized spacial score (nSPS) is 10.2. The summed E-state index contributed by atoms with van der Waals surface area (Å²) in [5.41, 5.74) is 5.88. The van der Waals surface area contributed by atoms with Gasteiger partial charge >= 0.3 is 5.97 Å². The molecule has 88 valence electrons. The molecule has 0 unspecified atom stereocenters. The molecule has 0 radical (unpaired) electrons. The minimum absolute atomic E-state index is 0.0446. The fourth-order valence-electron chi connectivity index (χ4n) is 1.06. The maximum atomic E-state index is 11.9. The Balaban J connectivity index is 2.86. The molecule has 4 nitrogen and oxygen atoms in total. The number of methoxy groups -OCH3 is 1. The van der Waals surface area contributed by atoms with Crippen molar-refractivity contribution in [3.8, 4) is 5.75 Å². The van der Waals surface area contributed by atoms with Crippen molar-refractivity contribution in [1.29, 1.82) is 0 Å². The molecule has 0 amide bonds. The molecule has 0 bridgehead atoms. The van der Waals surface area contributed by atoms with Crippen molar-refractivity contribution in [2.45, 2.75) is 6.43 Å². The molecule has 16 heavy (non-hydrogen) atoms. The molecule has 6 heteroatoms. The molecule has 0 aliphatic carbocycles. The molecule has 0 aromatic heterocycles. The number of carbonyl (C=O) groups is 1. The van der Waals surface area contributed by atoms with Crippen LogP contribution in [0.15, 0.2) is 18.2 Å². The maximum absolute atomic E-state index is 11.9. The molecule has 0 heterocycles. The van der Waals surface area contributed by atoms with Gasteiger partial charge in [-0.2, -0.15) is 0 Å². The van der Waals surface area contributed by atoms with Crippen molar-refractivity contribution >= 4 is 11.7 Å². The van der Waals surface area contributed by atoms with Gasteiger partial charge in [-0.3, -0.25) is 0 Å². The third-order valence-corrected chi connectivity index (χ3v) is 1.80. The number of hydrogen-bond donors (Lipinski definition) is 1. The third kappa shape index (κ3) is 3.08. The van der Waals surface area contributed by atoms with Gasteiger partial charge < -0.3 is 15.2 Å². The Hall–Kier alpha value is -1.85. The summed E-state index contributed by atoms with van der Waals surface area (Å²) in [6.07, 6.45) is -2.60. The van der Waals surface area contributed by atoms with Crippen LogP contribution < -0.4 is 10.5 Å². The minimum Gasteiger partial charge on any atom is -0.485 e. The second-order valence-electron chi connectivity index (χ2n) is 2.95. The van der Waals surface area contributed by atoms with Gasteiger partial charge in [0.05, 0.1) is 18.4 Å². The largest absolute Gasteiger partial charge is 0.485 e. The van der Waals surface area contributed by atoms with E-state index in [0.29, 0.717) is 0 Å². The second-order valence-corrected chi connectivity index (χ2v) is 2.95. The zero-order valence-corrected chi connectivity index (χ0v) is 8.57. The SMILES string of the molecule is COC(=O)c1ccc(N)c(OCC(F)F)c1. The Morgan fingerprint density at radius 1 is 1.50 bits per heavy atom. The summed E-state index contributed by atoms with van der Waals surface area (Å²) in [5, 5.41) is 0. The van der Waals surface area contributed by atoms with Gasteiger partial charge in [-0.25, -0.2) is 13.6 Å². The van der Waals surface area contributed by atoms with Gasteiger partial charge in [0.25, 0.3) is 6.43 Å². The summed E-state index contributed by atoms with van der Waals surface area (Å²) in [7, 11) is 1.22. The molecule has 0 fully saturated rings. The molecule has 0 spiro atoms. The highest BCUT2D eigenvalue weighted by atomic mass is 19.3. The minimum atomic E-state index is -2.60. The van der Waals surface area contributed by atoms with Crippen molar-refractivity contribution in [3.05, 3.63) is 23.8 Å². The first-order valence-corrected chi connectivity index (χ1v) is 4.43. The standard InChI is InChI=1S/C10H11F2NO3/c1-15-10(14)6-2-3-7(13)8(4-6)16-5-9(11)12/h2-4,9H,5,13H2,1H3. The summed E-state index contributed by atoms with van der Waals surface area (Å²) in [4.78, 5) is 11.1. The van der Waals surface area contributed by atoms with Crippen LogP contribution in [0, 0.1) is 0 Å². The number of hydrogen-bond acceptors (Lipinski definition) is 4. The number of anilines is 1. The predicted octanol–water partition coefficient (Wildman–Crippen LogP) is 1.70. The number of halogens is 2. The topological polar surface area (TPSA) is 61.5 Å². The van der Waals surface area contributed by atoms with Crippen molar-refractivity contribution < 1.29 is 23.0 Å². The van der Waals surface area contributed by atoms with Gasteiger partial charge in [0.2, 0.25) is 0 Å². The lowest BCUT2D eigenvalue weighted by Gasteiger charge is -2.09. The summed E-state index contributed by atoms with van der Waals surface area (Å²) < 4.78 is 33.1. The molecule has 2 N–H and O–H groups in total. The van der Waals surface area contributed by atoms with E-state index in [9.17, 15) is 13.6 Å². The van der Waals surface area contributed by atoms with Crippen molar-refractivity contribution in [1.82, 2.24) is 0 Å². The molecular weight excluding hydrogens is 220 g/mol. The maximum Gasteiger partial charge on any atom is 0.337 e. The Labute approximate surface area is 91.0 Å². The van der Waals surface area contributed by atoms with Crippen LogP contribution in [0.4, 0.5) is 14.5 Å². The number of rotatable bonds is 4. The highest BCUT2D eigenvalue weighted by Gasteiger charge is 2.11.